The van der Waals surface area contributed by atoms with Crippen molar-refractivity contribution in [2.75, 3.05) is 0 Å². The van der Waals surface area contributed by atoms with Crippen LogP contribution in [0.5, 0.6) is 0 Å². The average Bonchev–Trinajstić information content (AvgIpc) is 3.32. The predicted octanol–water partition coefficient (Wildman–Crippen LogP) is 4.00. The number of carbonyl (C=O) groups is 2. The van der Waals surface area contributed by atoms with E-state index in [1.807, 2.05) is 13.8 Å². The van der Waals surface area contributed by atoms with Crippen LogP contribution in [0.1, 0.15) is 79.5 Å². The largest absolute Gasteiger partial charge is 0.458 e. The molecule has 2 aliphatic heterocycles. The standard InChI is InChI=1S/C32H34FN3O6/c1-6-17(42-15(3)4)10-26(37)34-23-9-8-18-16(5)22(33)12-24-27(18)28(23)19-13-36-25(29(19)35-24)11-21-20(30(36)38)14-41-31(39)32(21,40)7-2/h6,11-12,15,17,23,40H,1,7-10,13-14H2,2-5H3,(H,34,37)/t17-,23+,32+/m1/s1. The quantitative estimate of drug-likeness (QED) is 0.253. The molecule has 0 fully saturated rings. The number of hydrogen-bond donors (Lipinski definition) is 2. The topological polar surface area (TPSA) is 120 Å². The van der Waals surface area contributed by atoms with Crippen molar-refractivity contribution >= 4 is 22.8 Å². The SMILES string of the molecule is C=C[C@H](CC(=O)N[C@H]1CCc2c(C)c(F)cc3nc4c(c1c23)Cn1c-4cc2c(c1=O)COC(=O)[C@]2(O)CC)OC(C)C. The third-order valence-electron chi connectivity index (χ3n) is 8.81. The van der Waals surface area contributed by atoms with Gasteiger partial charge in [0.05, 0.1) is 53.7 Å². The normalized spacial score (nSPS) is 21.0. The highest BCUT2D eigenvalue weighted by Crippen LogP contribution is 2.46. The number of esters is 1. The molecule has 0 radical (unpaired) electrons. The Balaban J connectivity index is 1.52. The number of halogens is 1. The molecule has 3 atom stereocenters. The molecule has 2 aromatic heterocycles. The molecule has 6 rings (SSSR count). The lowest BCUT2D eigenvalue weighted by Gasteiger charge is -2.31. The molecule has 3 aliphatic rings. The number of cyclic esters (lactones) is 1. The van der Waals surface area contributed by atoms with Gasteiger partial charge in [0.1, 0.15) is 12.4 Å². The number of fused-ring (bicyclic) bond motifs is 5. The van der Waals surface area contributed by atoms with Crippen LogP contribution >= 0.6 is 0 Å². The summed E-state index contributed by atoms with van der Waals surface area (Å²) in [5.74, 6) is -1.38. The second-order valence-corrected chi connectivity index (χ2v) is 11.6. The summed E-state index contributed by atoms with van der Waals surface area (Å²) < 4.78 is 27.6. The summed E-state index contributed by atoms with van der Waals surface area (Å²) in [5, 5.41) is 15.2. The Morgan fingerprint density at radius 1 is 1.33 bits per heavy atom. The molecule has 10 heteroatoms. The number of ether oxygens (including phenoxy) is 2. The third kappa shape index (κ3) is 4.19. The second-order valence-electron chi connectivity index (χ2n) is 11.6. The van der Waals surface area contributed by atoms with Gasteiger partial charge in [-0.1, -0.05) is 13.0 Å². The van der Waals surface area contributed by atoms with Crippen molar-refractivity contribution in [3.8, 4) is 11.4 Å². The summed E-state index contributed by atoms with van der Waals surface area (Å²) >= 11 is 0. The lowest BCUT2D eigenvalue weighted by Crippen LogP contribution is -2.44. The summed E-state index contributed by atoms with van der Waals surface area (Å²) in [6.45, 7) is 10.9. The molecular formula is C32H34FN3O6. The molecule has 2 N–H and O–H groups in total. The maximum atomic E-state index is 15.1. The molecule has 4 heterocycles. The van der Waals surface area contributed by atoms with E-state index in [1.165, 1.54) is 6.07 Å². The number of rotatable bonds is 7. The van der Waals surface area contributed by atoms with E-state index < -0.39 is 23.7 Å². The number of carbonyl (C=O) groups excluding carboxylic acids is 2. The Morgan fingerprint density at radius 2 is 2.10 bits per heavy atom. The van der Waals surface area contributed by atoms with Crippen molar-refractivity contribution in [1.82, 2.24) is 14.9 Å². The van der Waals surface area contributed by atoms with Gasteiger partial charge in [-0.25, -0.2) is 14.2 Å². The van der Waals surface area contributed by atoms with Crippen molar-refractivity contribution in [2.24, 2.45) is 0 Å². The second kappa shape index (κ2) is 10.1. The minimum absolute atomic E-state index is 0.0269. The summed E-state index contributed by atoms with van der Waals surface area (Å²) in [4.78, 5) is 44.4. The number of aryl methyl sites for hydroxylation is 1. The van der Waals surface area contributed by atoms with Crippen LogP contribution in [0.15, 0.2) is 29.6 Å². The number of nitrogens with zero attached hydrogens (tertiary/aromatic N) is 2. The van der Waals surface area contributed by atoms with Crippen molar-refractivity contribution in [1.29, 1.82) is 0 Å². The Morgan fingerprint density at radius 3 is 2.79 bits per heavy atom. The first-order valence-corrected chi connectivity index (χ1v) is 14.4. The van der Waals surface area contributed by atoms with Crippen LogP contribution in [0, 0.1) is 12.7 Å². The number of nitrogens with one attached hydrogen (secondary N) is 1. The van der Waals surface area contributed by atoms with Crippen molar-refractivity contribution in [2.45, 2.75) is 90.4 Å². The van der Waals surface area contributed by atoms with Gasteiger partial charge in [-0.2, -0.15) is 0 Å². The van der Waals surface area contributed by atoms with Crippen LogP contribution in [0.4, 0.5) is 4.39 Å². The first-order valence-electron chi connectivity index (χ1n) is 14.4. The average molecular weight is 576 g/mol. The van der Waals surface area contributed by atoms with Gasteiger partial charge in [-0.05, 0) is 62.8 Å². The zero-order valence-corrected chi connectivity index (χ0v) is 24.2. The first kappa shape index (κ1) is 28.2. The summed E-state index contributed by atoms with van der Waals surface area (Å²) in [5.41, 5.74) is 2.38. The number of aromatic nitrogens is 2. The molecule has 42 heavy (non-hydrogen) atoms. The molecular weight excluding hydrogens is 541 g/mol. The Hall–Kier alpha value is -3.89. The van der Waals surface area contributed by atoms with Gasteiger partial charge in [-0.3, -0.25) is 9.59 Å². The fourth-order valence-electron chi connectivity index (χ4n) is 6.67. The van der Waals surface area contributed by atoms with Crippen molar-refractivity contribution in [3.05, 3.63) is 74.3 Å². The van der Waals surface area contributed by atoms with Crippen LogP contribution in [0.25, 0.3) is 22.3 Å². The van der Waals surface area contributed by atoms with E-state index in [2.05, 4.69) is 11.9 Å². The molecule has 3 aromatic rings. The van der Waals surface area contributed by atoms with Gasteiger partial charge in [0.15, 0.2) is 5.60 Å². The number of benzene rings is 1. The number of hydrogen-bond acceptors (Lipinski definition) is 7. The van der Waals surface area contributed by atoms with Crippen LogP contribution in [0.2, 0.25) is 0 Å². The maximum Gasteiger partial charge on any atom is 0.343 e. The van der Waals surface area contributed by atoms with E-state index >= 15 is 4.39 Å². The number of pyridine rings is 2. The monoisotopic (exact) mass is 575 g/mol. The van der Waals surface area contributed by atoms with Gasteiger partial charge < -0.3 is 24.5 Å². The van der Waals surface area contributed by atoms with E-state index in [-0.39, 0.29) is 60.5 Å². The van der Waals surface area contributed by atoms with Gasteiger partial charge >= 0.3 is 5.97 Å². The molecule has 1 amide bonds. The number of amides is 1. The Labute approximate surface area is 242 Å². The van der Waals surface area contributed by atoms with E-state index in [0.717, 1.165) is 22.1 Å². The highest BCUT2D eigenvalue weighted by Gasteiger charge is 2.46. The summed E-state index contributed by atoms with van der Waals surface area (Å²) in [6.07, 6.45) is 2.31. The summed E-state index contributed by atoms with van der Waals surface area (Å²) in [6, 6.07) is 2.62. The van der Waals surface area contributed by atoms with Gasteiger partial charge in [0.25, 0.3) is 5.56 Å². The molecule has 0 spiro atoms. The van der Waals surface area contributed by atoms with Crippen LogP contribution in [-0.2, 0) is 44.2 Å². The molecule has 0 saturated heterocycles. The molecule has 9 nitrogen and oxygen atoms in total. The van der Waals surface area contributed by atoms with E-state index in [0.29, 0.717) is 35.3 Å². The smallest absolute Gasteiger partial charge is 0.343 e. The van der Waals surface area contributed by atoms with Crippen LogP contribution in [-0.4, -0.2) is 38.7 Å². The minimum atomic E-state index is -1.96. The molecule has 0 unspecified atom stereocenters. The number of aliphatic hydroxyl groups is 1. The highest BCUT2D eigenvalue weighted by atomic mass is 19.1. The molecule has 1 aromatic carbocycles. The van der Waals surface area contributed by atoms with E-state index in [1.54, 1.807) is 30.6 Å². The fraction of sp³-hybridized carbons (Fsp3) is 0.438. The summed E-state index contributed by atoms with van der Waals surface area (Å²) in [7, 11) is 0. The molecule has 220 valence electrons. The van der Waals surface area contributed by atoms with Crippen molar-refractivity contribution in [3.63, 3.8) is 0 Å². The maximum absolute atomic E-state index is 15.1. The molecule has 1 aliphatic carbocycles. The Bertz CT molecular complexity index is 1740. The van der Waals surface area contributed by atoms with E-state index in [9.17, 15) is 19.5 Å². The van der Waals surface area contributed by atoms with Crippen molar-refractivity contribution < 1.29 is 28.6 Å². The third-order valence-corrected chi connectivity index (χ3v) is 8.81. The fourth-order valence-corrected chi connectivity index (χ4v) is 6.67. The van der Waals surface area contributed by atoms with Crippen LogP contribution < -0.4 is 10.9 Å². The van der Waals surface area contributed by atoms with Crippen LogP contribution in [0.3, 0.4) is 0 Å². The lowest BCUT2D eigenvalue weighted by molar-refractivity contribution is -0.172. The molecule has 0 saturated carbocycles. The van der Waals surface area contributed by atoms with Gasteiger partial charge in [0.2, 0.25) is 5.91 Å². The molecule has 0 bridgehead atoms. The first-order chi connectivity index (χ1) is 20.0. The lowest BCUT2D eigenvalue weighted by atomic mass is 9.81. The zero-order valence-electron chi connectivity index (χ0n) is 24.2. The predicted molar refractivity (Wildman–Crippen MR) is 153 cm³/mol. The minimum Gasteiger partial charge on any atom is -0.458 e. The van der Waals surface area contributed by atoms with Gasteiger partial charge in [-0.15, -0.1) is 6.58 Å². The Kier molecular flexibility index (Phi) is 6.81. The van der Waals surface area contributed by atoms with Gasteiger partial charge in [0, 0.05) is 22.6 Å². The highest BCUT2D eigenvalue weighted by molar-refractivity contribution is 5.94. The van der Waals surface area contributed by atoms with E-state index in [4.69, 9.17) is 14.5 Å². The zero-order chi connectivity index (χ0) is 30.1.